The van der Waals surface area contributed by atoms with Crippen LogP contribution in [0.25, 0.3) is 5.57 Å². The van der Waals surface area contributed by atoms with E-state index in [-0.39, 0.29) is 11.9 Å². The van der Waals surface area contributed by atoms with Crippen LogP contribution in [-0.4, -0.2) is 41.7 Å². The highest BCUT2D eigenvalue weighted by Crippen LogP contribution is 2.18. The molecule has 0 saturated carbocycles. The van der Waals surface area contributed by atoms with Gasteiger partial charge in [0.05, 0.1) is 13.2 Å². The highest BCUT2D eigenvalue weighted by molar-refractivity contribution is 5.95. The van der Waals surface area contributed by atoms with Crippen LogP contribution in [0.4, 0.5) is 0 Å². The van der Waals surface area contributed by atoms with Crippen LogP contribution in [0, 0.1) is 0 Å². The van der Waals surface area contributed by atoms with Gasteiger partial charge in [-0.2, -0.15) is 0 Å². The number of nitrogens with zero attached hydrogens (tertiary/aromatic N) is 1. The van der Waals surface area contributed by atoms with E-state index in [9.17, 15) is 9.90 Å². The van der Waals surface area contributed by atoms with E-state index in [1.807, 2.05) is 45.0 Å². The molecule has 4 nitrogen and oxygen atoms in total. The van der Waals surface area contributed by atoms with Gasteiger partial charge in [-0.15, -0.1) is 0 Å². The van der Waals surface area contributed by atoms with E-state index in [4.69, 9.17) is 4.74 Å². The Labute approximate surface area is 127 Å². The number of amides is 1. The third-order valence-electron chi connectivity index (χ3n) is 3.25. The fraction of sp³-hybridized carbons (Fsp3) is 0.471. The Kier molecular flexibility index (Phi) is 6.43. The summed E-state index contributed by atoms with van der Waals surface area (Å²) in [5.74, 6) is 0.704. The predicted molar refractivity (Wildman–Crippen MR) is 85.2 cm³/mol. The Bertz CT molecular complexity index is 489. The molecule has 1 N–H and O–H groups in total. The SMILES string of the molecule is COc1ccc(/C(C)=C/C(=O)N(CC(C)O)C(C)C)cc1. The van der Waals surface area contributed by atoms with Gasteiger partial charge in [0.2, 0.25) is 5.91 Å². The number of carbonyl (C=O) groups is 1. The summed E-state index contributed by atoms with van der Waals surface area (Å²) in [6.45, 7) is 7.81. The molecular weight excluding hydrogens is 266 g/mol. The molecule has 0 aliphatic heterocycles. The van der Waals surface area contributed by atoms with Crippen LogP contribution in [0.3, 0.4) is 0 Å². The zero-order chi connectivity index (χ0) is 16.0. The van der Waals surface area contributed by atoms with Crippen molar-refractivity contribution in [3.05, 3.63) is 35.9 Å². The fourth-order valence-corrected chi connectivity index (χ4v) is 2.05. The molecule has 1 unspecified atom stereocenters. The van der Waals surface area contributed by atoms with Gasteiger partial charge in [0, 0.05) is 18.7 Å². The standard InChI is InChI=1S/C17H25NO3/c1-12(2)18(11-14(4)19)17(20)10-13(3)15-6-8-16(21-5)9-7-15/h6-10,12,14,19H,11H2,1-5H3/b13-10+. The molecule has 21 heavy (non-hydrogen) atoms. The number of rotatable bonds is 6. The molecule has 0 saturated heterocycles. The number of ether oxygens (including phenoxy) is 1. The van der Waals surface area contributed by atoms with Crippen LogP contribution >= 0.6 is 0 Å². The molecule has 1 amide bonds. The minimum atomic E-state index is -0.536. The summed E-state index contributed by atoms with van der Waals surface area (Å²) in [7, 11) is 1.62. The lowest BCUT2D eigenvalue weighted by atomic mass is 10.1. The number of hydrogen-bond acceptors (Lipinski definition) is 3. The molecule has 0 fully saturated rings. The van der Waals surface area contributed by atoms with Gasteiger partial charge in [-0.25, -0.2) is 0 Å². The summed E-state index contributed by atoms with van der Waals surface area (Å²) in [6.07, 6.45) is 1.08. The second-order valence-electron chi connectivity index (χ2n) is 5.49. The molecule has 1 atom stereocenters. The quantitative estimate of drug-likeness (QED) is 0.820. The summed E-state index contributed by atoms with van der Waals surface area (Å²) in [5, 5.41) is 9.50. The first-order valence-electron chi connectivity index (χ1n) is 7.16. The van der Waals surface area contributed by atoms with Crippen molar-refractivity contribution in [1.82, 2.24) is 4.90 Å². The molecule has 1 aromatic carbocycles. The molecule has 4 heteroatoms. The molecule has 1 rings (SSSR count). The molecule has 0 aliphatic rings. The lowest BCUT2D eigenvalue weighted by molar-refractivity contribution is -0.129. The summed E-state index contributed by atoms with van der Waals surface area (Å²) in [6, 6.07) is 7.63. The Morgan fingerprint density at radius 1 is 1.29 bits per heavy atom. The summed E-state index contributed by atoms with van der Waals surface area (Å²) in [5.41, 5.74) is 1.86. The maximum atomic E-state index is 12.3. The Balaban J connectivity index is 2.89. The van der Waals surface area contributed by atoms with Crippen LogP contribution in [0.15, 0.2) is 30.3 Å². The molecule has 116 valence electrons. The number of allylic oxidation sites excluding steroid dienone is 1. The second kappa shape index (κ2) is 7.84. The van der Waals surface area contributed by atoms with Crippen molar-refractivity contribution in [2.24, 2.45) is 0 Å². The molecule has 0 aliphatic carbocycles. The highest BCUT2D eigenvalue weighted by atomic mass is 16.5. The smallest absolute Gasteiger partial charge is 0.247 e. The summed E-state index contributed by atoms with van der Waals surface area (Å²) in [4.78, 5) is 14.0. The van der Waals surface area contributed by atoms with E-state index in [0.717, 1.165) is 16.9 Å². The average molecular weight is 291 g/mol. The van der Waals surface area contributed by atoms with E-state index < -0.39 is 6.10 Å². The lowest BCUT2D eigenvalue weighted by Crippen LogP contribution is -2.40. The van der Waals surface area contributed by atoms with Crippen molar-refractivity contribution >= 4 is 11.5 Å². The predicted octanol–water partition coefficient (Wildman–Crippen LogP) is 2.72. The number of hydrogen-bond donors (Lipinski definition) is 1. The van der Waals surface area contributed by atoms with Crippen LogP contribution < -0.4 is 4.74 Å². The molecule has 0 spiro atoms. The second-order valence-corrected chi connectivity index (χ2v) is 5.49. The Morgan fingerprint density at radius 2 is 1.86 bits per heavy atom. The number of aliphatic hydroxyl groups is 1. The summed E-state index contributed by atoms with van der Waals surface area (Å²) < 4.78 is 5.12. The molecular formula is C17H25NO3. The molecule has 0 aromatic heterocycles. The maximum Gasteiger partial charge on any atom is 0.247 e. The van der Waals surface area contributed by atoms with Gasteiger partial charge in [0.1, 0.15) is 5.75 Å². The van der Waals surface area contributed by atoms with Crippen molar-refractivity contribution in [1.29, 1.82) is 0 Å². The van der Waals surface area contributed by atoms with Gasteiger partial charge in [0.25, 0.3) is 0 Å². The first-order valence-corrected chi connectivity index (χ1v) is 7.16. The molecule has 1 aromatic rings. The molecule has 0 heterocycles. The average Bonchev–Trinajstić information content (AvgIpc) is 2.44. The number of benzene rings is 1. The van der Waals surface area contributed by atoms with Gasteiger partial charge in [0.15, 0.2) is 0 Å². The van der Waals surface area contributed by atoms with Gasteiger partial charge in [-0.3, -0.25) is 4.79 Å². The van der Waals surface area contributed by atoms with E-state index in [1.165, 1.54) is 0 Å². The van der Waals surface area contributed by atoms with Gasteiger partial charge < -0.3 is 14.7 Å². The number of aliphatic hydroxyl groups excluding tert-OH is 1. The van der Waals surface area contributed by atoms with Crippen molar-refractivity contribution < 1.29 is 14.6 Å². The third-order valence-corrected chi connectivity index (χ3v) is 3.25. The fourth-order valence-electron chi connectivity index (χ4n) is 2.05. The zero-order valence-electron chi connectivity index (χ0n) is 13.5. The Morgan fingerprint density at radius 3 is 2.29 bits per heavy atom. The third kappa shape index (κ3) is 5.23. The highest BCUT2D eigenvalue weighted by Gasteiger charge is 2.17. The van der Waals surface area contributed by atoms with Crippen molar-refractivity contribution in [3.63, 3.8) is 0 Å². The molecule has 0 bridgehead atoms. The monoisotopic (exact) mass is 291 g/mol. The van der Waals surface area contributed by atoms with Crippen molar-refractivity contribution in [3.8, 4) is 5.75 Å². The lowest BCUT2D eigenvalue weighted by Gasteiger charge is -2.27. The van der Waals surface area contributed by atoms with Crippen LogP contribution in [0.1, 0.15) is 33.3 Å². The number of carbonyl (C=O) groups excluding carboxylic acids is 1. The minimum Gasteiger partial charge on any atom is -0.497 e. The first-order chi connectivity index (χ1) is 9.85. The van der Waals surface area contributed by atoms with Gasteiger partial charge in [-0.1, -0.05) is 12.1 Å². The van der Waals surface area contributed by atoms with Crippen molar-refractivity contribution in [2.75, 3.05) is 13.7 Å². The van der Waals surface area contributed by atoms with E-state index in [0.29, 0.717) is 6.54 Å². The Hall–Kier alpha value is -1.81. The topological polar surface area (TPSA) is 49.8 Å². The van der Waals surface area contributed by atoms with Crippen LogP contribution in [0.5, 0.6) is 5.75 Å². The number of methoxy groups -OCH3 is 1. The van der Waals surface area contributed by atoms with Crippen LogP contribution in [-0.2, 0) is 4.79 Å². The minimum absolute atomic E-state index is 0.0482. The maximum absolute atomic E-state index is 12.3. The van der Waals surface area contributed by atoms with Crippen molar-refractivity contribution in [2.45, 2.75) is 39.8 Å². The van der Waals surface area contributed by atoms with E-state index in [2.05, 4.69) is 0 Å². The van der Waals surface area contributed by atoms with E-state index in [1.54, 1.807) is 25.0 Å². The first kappa shape index (κ1) is 17.2. The van der Waals surface area contributed by atoms with E-state index >= 15 is 0 Å². The normalized spacial score (nSPS) is 13.2. The zero-order valence-corrected chi connectivity index (χ0v) is 13.5. The van der Waals surface area contributed by atoms with Gasteiger partial charge >= 0.3 is 0 Å². The van der Waals surface area contributed by atoms with Gasteiger partial charge in [-0.05, 0) is 51.0 Å². The van der Waals surface area contributed by atoms with Crippen LogP contribution in [0.2, 0.25) is 0 Å². The molecule has 0 radical (unpaired) electrons. The largest absolute Gasteiger partial charge is 0.497 e. The summed E-state index contributed by atoms with van der Waals surface area (Å²) >= 11 is 0.